The van der Waals surface area contributed by atoms with Gasteiger partial charge in [0.2, 0.25) is 15.9 Å². The molecule has 0 saturated heterocycles. The largest absolute Gasteiger partial charge is 0.322 e. The molecule has 0 aliphatic rings. The van der Waals surface area contributed by atoms with Crippen molar-refractivity contribution >= 4 is 33.4 Å². The zero-order chi connectivity index (χ0) is 20.2. The van der Waals surface area contributed by atoms with Crippen molar-refractivity contribution in [3.63, 3.8) is 0 Å². The molecule has 8 nitrogen and oxygen atoms in total. The second-order valence-corrected chi connectivity index (χ2v) is 8.03. The van der Waals surface area contributed by atoms with Gasteiger partial charge < -0.3 is 5.32 Å². The number of nitro groups is 1. The standard InChI is InChI=1S/C18H19N3O5S/c1-13-8-10-15(12-17(13)27(25,26)20(2)3)19-18(22)11-9-14-6-4-5-7-16(14)21(23)24/h4-12H,1-3H3,(H,19,22)/b11-9+. The number of nitro benzene ring substituents is 1. The number of nitrogens with one attached hydrogen (secondary N) is 1. The van der Waals surface area contributed by atoms with Crippen LogP contribution in [0.4, 0.5) is 11.4 Å². The van der Waals surface area contributed by atoms with Crippen LogP contribution >= 0.6 is 0 Å². The average molecular weight is 389 g/mol. The highest BCUT2D eigenvalue weighted by atomic mass is 32.2. The summed E-state index contributed by atoms with van der Waals surface area (Å²) in [5.74, 6) is -0.537. The van der Waals surface area contributed by atoms with Crippen molar-refractivity contribution in [2.75, 3.05) is 19.4 Å². The number of carbonyl (C=O) groups is 1. The number of carbonyl (C=O) groups excluding carboxylic acids is 1. The van der Waals surface area contributed by atoms with Gasteiger partial charge in [-0.05, 0) is 36.8 Å². The van der Waals surface area contributed by atoms with Crippen LogP contribution in [0.5, 0.6) is 0 Å². The Morgan fingerprint density at radius 2 is 1.85 bits per heavy atom. The summed E-state index contributed by atoms with van der Waals surface area (Å²) in [6.07, 6.45) is 2.49. The van der Waals surface area contributed by atoms with Crippen LogP contribution in [0.25, 0.3) is 6.08 Å². The Morgan fingerprint density at radius 3 is 2.48 bits per heavy atom. The number of para-hydroxylation sites is 1. The monoisotopic (exact) mass is 389 g/mol. The first-order valence-electron chi connectivity index (χ1n) is 7.88. The van der Waals surface area contributed by atoms with Gasteiger partial charge in [-0.15, -0.1) is 0 Å². The van der Waals surface area contributed by atoms with Crippen molar-refractivity contribution in [1.82, 2.24) is 4.31 Å². The SMILES string of the molecule is Cc1ccc(NC(=O)/C=C/c2ccccc2[N+](=O)[O-])cc1S(=O)(=O)N(C)C. The van der Waals surface area contributed by atoms with Crippen molar-refractivity contribution in [3.05, 3.63) is 69.8 Å². The first kappa shape index (κ1) is 20.3. The van der Waals surface area contributed by atoms with Crippen LogP contribution in [0.15, 0.2) is 53.4 Å². The molecule has 9 heteroatoms. The van der Waals surface area contributed by atoms with E-state index < -0.39 is 20.9 Å². The normalized spacial score (nSPS) is 11.7. The van der Waals surface area contributed by atoms with E-state index in [0.29, 0.717) is 11.3 Å². The van der Waals surface area contributed by atoms with Crippen LogP contribution in [0, 0.1) is 17.0 Å². The molecule has 0 heterocycles. The number of hydrogen-bond acceptors (Lipinski definition) is 5. The van der Waals surface area contributed by atoms with Gasteiger partial charge in [-0.2, -0.15) is 0 Å². The predicted molar refractivity (Wildman–Crippen MR) is 103 cm³/mol. The highest BCUT2D eigenvalue weighted by Crippen LogP contribution is 2.23. The second-order valence-electron chi connectivity index (χ2n) is 5.91. The number of sulfonamides is 1. The molecule has 1 N–H and O–H groups in total. The minimum Gasteiger partial charge on any atom is -0.322 e. The van der Waals surface area contributed by atoms with Crippen molar-refractivity contribution in [2.45, 2.75) is 11.8 Å². The lowest BCUT2D eigenvalue weighted by Gasteiger charge is -2.14. The maximum absolute atomic E-state index is 12.3. The Balaban J connectivity index is 2.24. The van der Waals surface area contributed by atoms with Gasteiger partial charge in [0.25, 0.3) is 5.69 Å². The fourth-order valence-corrected chi connectivity index (χ4v) is 3.44. The van der Waals surface area contributed by atoms with Crippen molar-refractivity contribution in [3.8, 4) is 0 Å². The van der Waals surface area contributed by atoms with Gasteiger partial charge in [0.05, 0.1) is 15.4 Å². The van der Waals surface area contributed by atoms with E-state index in [1.165, 1.54) is 44.4 Å². The third-order valence-corrected chi connectivity index (χ3v) is 5.72. The summed E-state index contributed by atoms with van der Waals surface area (Å²) in [6.45, 7) is 1.66. The van der Waals surface area contributed by atoms with E-state index in [4.69, 9.17) is 0 Å². The van der Waals surface area contributed by atoms with E-state index in [9.17, 15) is 23.3 Å². The minimum absolute atomic E-state index is 0.0907. The third-order valence-electron chi connectivity index (χ3n) is 3.76. The van der Waals surface area contributed by atoms with E-state index in [2.05, 4.69) is 5.32 Å². The quantitative estimate of drug-likeness (QED) is 0.464. The number of amides is 1. The lowest BCUT2D eigenvalue weighted by Crippen LogP contribution is -2.23. The maximum atomic E-state index is 12.3. The molecule has 2 aromatic carbocycles. The average Bonchev–Trinajstić information content (AvgIpc) is 2.61. The maximum Gasteiger partial charge on any atom is 0.276 e. The zero-order valence-electron chi connectivity index (χ0n) is 15.0. The molecule has 142 valence electrons. The molecule has 1 amide bonds. The Morgan fingerprint density at radius 1 is 1.19 bits per heavy atom. The number of aryl methyl sites for hydroxylation is 1. The third kappa shape index (κ3) is 4.78. The van der Waals surface area contributed by atoms with E-state index in [-0.39, 0.29) is 16.1 Å². The molecule has 0 bridgehead atoms. The van der Waals surface area contributed by atoms with Crippen molar-refractivity contribution in [2.24, 2.45) is 0 Å². The lowest BCUT2D eigenvalue weighted by atomic mass is 10.1. The first-order chi connectivity index (χ1) is 12.6. The molecule has 0 aliphatic heterocycles. The van der Waals surface area contributed by atoms with Crippen LogP contribution in [0.2, 0.25) is 0 Å². The highest BCUT2D eigenvalue weighted by Gasteiger charge is 2.20. The topological polar surface area (TPSA) is 110 Å². The van der Waals surface area contributed by atoms with Crippen LogP contribution in [0.1, 0.15) is 11.1 Å². The van der Waals surface area contributed by atoms with E-state index in [0.717, 1.165) is 10.4 Å². The van der Waals surface area contributed by atoms with Crippen LogP contribution in [-0.4, -0.2) is 37.6 Å². The molecule has 0 spiro atoms. The zero-order valence-corrected chi connectivity index (χ0v) is 15.9. The molecule has 2 aromatic rings. The fourth-order valence-electron chi connectivity index (χ4n) is 2.30. The molecular formula is C18H19N3O5S. The van der Waals surface area contributed by atoms with Gasteiger partial charge in [0, 0.05) is 31.9 Å². The first-order valence-corrected chi connectivity index (χ1v) is 9.32. The summed E-state index contributed by atoms with van der Waals surface area (Å²) >= 11 is 0. The van der Waals surface area contributed by atoms with E-state index >= 15 is 0 Å². The molecular weight excluding hydrogens is 370 g/mol. The smallest absolute Gasteiger partial charge is 0.276 e. The van der Waals surface area contributed by atoms with Crippen molar-refractivity contribution < 1.29 is 18.1 Å². The van der Waals surface area contributed by atoms with Crippen LogP contribution < -0.4 is 5.32 Å². The Bertz CT molecular complexity index is 1010. The summed E-state index contributed by atoms with van der Waals surface area (Å²) in [6, 6.07) is 10.6. The van der Waals surface area contributed by atoms with Crippen molar-refractivity contribution in [1.29, 1.82) is 0 Å². The van der Waals surface area contributed by atoms with E-state index in [1.54, 1.807) is 25.1 Å². The molecule has 0 unspecified atom stereocenters. The Kier molecular flexibility index (Phi) is 6.09. The second kappa shape index (κ2) is 8.11. The summed E-state index contributed by atoms with van der Waals surface area (Å²) in [5.41, 5.74) is 1.03. The Labute approximate surface area is 157 Å². The lowest BCUT2D eigenvalue weighted by molar-refractivity contribution is -0.385. The molecule has 0 aromatic heterocycles. The van der Waals surface area contributed by atoms with Crippen LogP contribution in [0.3, 0.4) is 0 Å². The molecule has 27 heavy (non-hydrogen) atoms. The van der Waals surface area contributed by atoms with Gasteiger partial charge in [-0.3, -0.25) is 14.9 Å². The molecule has 0 aliphatic carbocycles. The van der Waals surface area contributed by atoms with Gasteiger partial charge in [0.1, 0.15) is 0 Å². The number of benzene rings is 2. The highest BCUT2D eigenvalue weighted by molar-refractivity contribution is 7.89. The molecule has 0 radical (unpaired) electrons. The van der Waals surface area contributed by atoms with Crippen LogP contribution in [-0.2, 0) is 14.8 Å². The predicted octanol–water partition coefficient (Wildman–Crippen LogP) is 2.81. The van der Waals surface area contributed by atoms with Gasteiger partial charge in [-0.25, -0.2) is 12.7 Å². The number of anilines is 1. The molecule has 0 fully saturated rings. The Hall–Kier alpha value is -3.04. The fraction of sp³-hybridized carbons (Fsp3) is 0.167. The summed E-state index contributed by atoms with van der Waals surface area (Å²) < 4.78 is 25.8. The summed E-state index contributed by atoms with van der Waals surface area (Å²) in [4.78, 5) is 22.7. The van der Waals surface area contributed by atoms with Gasteiger partial charge >= 0.3 is 0 Å². The minimum atomic E-state index is -3.65. The molecule has 0 atom stereocenters. The number of hydrogen-bond donors (Lipinski definition) is 1. The summed E-state index contributed by atoms with van der Waals surface area (Å²) in [7, 11) is -0.795. The number of rotatable bonds is 6. The summed E-state index contributed by atoms with van der Waals surface area (Å²) in [5, 5.41) is 13.5. The molecule has 0 saturated carbocycles. The van der Waals surface area contributed by atoms with E-state index in [1.807, 2.05) is 0 Å². The van der Waals surface area contributed by atoms with Gasteiger partial charge in [-0.1, -0.05) is 18.2 Å². The van der Waals surface area contributed by atoms with Gasteiger partial charge in [0.15, 0.2) is 0 Å². The molecule has 2 rings (SSSR count). The number of nitrogens with zero attached hydrogens (tertiary/aromatic N) is 2.